The average Bonchev–Trinajstić information content (AvgIpc) is 2.98. The molecule has 2 unspecified atom stereocenters. The minimum atomic E-state index is -4.75. The van der Waals surface area contributed by atoms with Gasteiger partial charge in [-0.25, -0.2) is 4.39 Å². The van der Waals surface area contributed by atoms with E-state index in [1.807, 2.05) is 6.92 Å². The van der Waals surface area contributed by atoms with E-state index >= 15 is 0 Å². The number of nitrogens with zero attached hydrogens (tertiary/aromatic N) is 1. The molecule has 134 valence electrons. The molecule has 2 nitrogen and oxygen atoms in total. The Kier molecular flexibility index (Phi) is 4.93. The molecule has 1 aliphatic heterocycles. The molecule has 0 radical (unpaired) electrons. The smallest absolute Gasteiger partial charge is 0.349 e. The van der Waals surface area contributed by atoms with Crippen molar-refractivity contribution in [1.29, 1.82) is 0 Å². The minimum Gasteiger partial charge on any atom is -0.349 e. The lowest BCUT2D eigenvalue weighted by Crippen LogP contribution is -2.25. The number of benzene rings is 2. The number of alkyl halides is 3. The minimum absolute atomic E-state index is 0.136. The molecule has 1 fully saturated rings. The fourth-order valence-corrected chi connectivity index (χ4v) is 3.11. The van der Waals surface area contributed by atoms with Crippen LogP contribution in [0.2, 0.25) is 5.02 Å². The molecule has 3 rings (SSSR count). The van der Waals surface area contributed by atoms with Crippen LogP contribution in [0.5, 0.6) is 0 Å². The van der Waals surface area contributed by atoms with Crippen molar-refractivity contribution >= 4 is 17.3 Å². The highest BCUT2D eigenvalue weighted by molar-refractivity contribution is 6.30. The molecule has 2 atom stereocenters. The maximum Gasteiger partial charge on any atom is 0.419 e. The van der Waals surface area contributed by atoms with Gasteiger partial charge in [-0.2, -0.15) is 13.2 Å². The summed E-state index contributed by atoms with van der Waals surface area (Å²) < 4.78 is 58.6. The lowest BCUT2D eigenvalue weighted by Gasteiger charge is -2.26. The molecule has 7 heteroatoms. The van der Waals surface area contributed by atoms with Crippen LogP contribution in [0.3, 0.4) is 0 Å². The van der Waals surface area contributed by atoms with Crippen LogP contribution in [0.15, 0.2) is 42.5 Å². The van der Waals surface area contributed by atoms with Crippen LogP contribution in [-0.4, -0.2) is 12.6 Å². The summed E-state index contributed by atoms with van der Waals surface area (Å²) in [6, 6.07) is 9.98. The Bertz CT molecular complexity index is 765. The molecule has 0 saturated carbocycles. The summed E-state index contributed by atoms with van der Waals surface area (Å²) in [5, 5.41) is 0.510. The van der Waals surface area contributed by atoms with Crippen LogP contribution in [0.1, 0.15) is 30.7 Å². The second-order valence-electron chi connectivity index (χ2n) is 5.89. The Hall–Kier alpha value is -1.79. The first-order valence-electron chi connectivity index (χ1n) is 7.84. The van der Waals surface area contributed by atoms with Gasteiger partial charge in [-0.3, -0.25) is 0 Å². The van der Waals surface area contributed by atoms with Crippen molar-refractivity contribution in [3.05, 3.63) is 64.4 Å². The summed E-state index contributed by atoms with van der Waals surface area (Å²) >= 11 is 6.02. The van der Waals surface area contributed by atoms with E-state index in [1.54, 1.807) is 29.2 Å². The molecular formula is C18H16ClF4NO. The molecule has 2 aromatic carbocycles. The van der Waals surface area contributed by atoms with E-state index in [0.29, 0.717) is 18.0 Å². The molecule has 1 saturated heterocycles. The lowest BCUT2D eigenvalue weighted by atomic mass is 10.1. The van der Waals surface area contributed by atoms with Crippen molar-refractivity contribution in [3.63, 3.8) is 0 Å². The molecule has 0 aromatic heterocycles. The molecule has 1 heterocycles. The average molecular weight is 374 g/mol. The first-order chi connectivity index (χ1) is 11.8. The Labute approximate surface area is 148 Å². The van der Waals surface area contributed by atoms with Gasteiger partial charge in [0.1, 0.15) is 5.82 Å². The van der Waals surface area contributed by atoms with Gasteiger partial charge >= 0.3 is 6.18 Å². The Morgan fingerprint density at radius 2 is 1.96 bits per heavy atom. The van der Waals surface area contributed by atoms with E-state index in [1.165, 1.54) is 6.07 Å². The van der Waals surface area contributed by atoms with Crippen LogP contribution in [0.25, 0.3) is 0 Å². The van der Waals surface area contributed by atoms with Gasteiger partial charge in [0.25, 0.3) is 0 Å². The quantitative estimate of drug-likeness (QED) is 0.629. The first-order valence-corrected chi connectivity index (χ1v) is 8.21. The second kappa shape index (κ2) is 6.84. The van der Waals surface area contributed by atoms with Crippen LogP contribution < -0.4 is 4.90 Å². The zero-order valence-corrected chi connectivity index (χ0v) is 14.1. The van der Waals surface area contributed by atoms with Crippen molar-refractivity contribution in [1.82, 2.24) is 0 Å². The summed E-state index contributed by atoms with van der Waals surface area (Å²) in [7, 11) is 0. The number of anilines is 1. The van der Waals surface area contributed by atoms with Crippen molar-refractivity contribution < 1.29 is 22.3 Å². The van der Waals surface area contributed by atoms with Crippen LogP contribution in [0, 0.1) is 5.82 Å². The normalized spacial score (nSPS) is 21.0. The largest absolute Gasteiger partial charge is 0.419 e. The maximum absolute atomic E-state index is 13.6. The highest BCUT2D eigenvalue weighted by Crippen LogP contribution is 2.39. The Balaban J connectivity index is 2.01. The van der Waals surface area contributed by atoms with E-state index in [9.17, 15) is 17.6 Å². The maximum atomic E-state index is 13.6. The molecule has 0 amide bonds. The number of rotatable bonds is 3. The van der Waals surface area contributed by atoms with Crippen molar-refractivity contribution in [2.24, 2.45) is 0 Å². The third-order valence-electron chi connectivity index (χ3n) is 4.18. The number of ether oxygens (including phenoxy) is 1. The molecular weight excluding hydrogens is 358 g/mol. The molecule has 2 aromatic rings. The van der Waals surface area contributed by atoms with Gasteiger partial charge in [0.2, 0.25) is 0 Å². The molecule has 0 bridgehead atoms. The van der Waals surface area contributed by atoms with Gasteiger partial charge in [-0.05, 0) is 36.8 Å². The summed E-state index contributed by atoms with van der Waals surface area (Å²) in [6.45, 7) is 2.35. The third kappa shape index (κ3) is 3.75. The molecule has 0 aliphatic carbocycles. The molecule has 25 heavy (non-hydrogen) atoms. The van der Waals surface area contributed by atoms with E-state index in [2.05, 4.69) is 0 Å². The van der Waals surface area contributed by atoms with Gasteiger partial charge in [-0.1, -0.05) is 30.7 Å². The van der Waals surface area contributed by atoms with Crippen LogP contribution in [0.4, 0.5) is 23.2 Å². The Morgan fingerprint density at radius 3 is 2.60 bits per heavy atom. The SMILES string of the molecule is CCC1CN(c2ccc(F)c(C(F)(F)F)c2)C(c2cccc(Cl)c2)O1. The lowest BCUT2D eigenvalue weighted by molar-refractivity contribution is -0.139. The number of halogens is 5. The predicted octanol–water partition coefficient (Wildman–Crippen LogP) is 5.81. The number of hydrogen-bond acceptors (Lipinski definition) is 2. The van der Waals surface area contributed by atoms with Gasteiger partial charge in [0, 0.05) is 22.8 Å². The zero-order chi connectivity index (χ0) is 18.2. The van der Waals surface area contributed by atoms with E-state index in [-0.39, 0.29) is 11.8 Å². The zero-order valence-electron chi connectivity index (χ0n) is 13.4. The fraction of sp³-hybridized carbons (Fsp3) is 0.333. The topological polar surface area (TPSA) is 12.5 Å². The standard InChI is InChI=1S/C18H16ClF4NO/c1-2-14-10-24(17(25-14)11-4-3-5-12(19)8-11)13-6-7-16(20)15(9-13)18(21,22)23/h3-9,14,17H,2,10H2,1H3. The predicted molar refractivity (Wildman–Crippen MR) is 88.1 cm³/mol. The fourth-order valence-electron chi connectivity index (χ4n) is 2.91. The first kappa shape index (κ1) is 18.0. The highest BCUT2D eigenvalue weighted by atomic mass is 35.5. The monoisotopic (exact) mass is 373 g/mol. The summed E-state index contributed by atoms with van der Waals surface area (Å²) in [5.41, 5.74) is -0.286. The molecule has 0 spiro atoms. The van der Waals surface area contributed by atoms with Gasteiger partial charge < -0.3 is 9.64 Å². The van der Waals surface area contributed by atoms with Crippen LogP contribution in [-0.2, 0) is 10.9 Å². The summed E-state index contributed by atoms with van der Waals surface area (Å²) in [5.74, 6) is -1.29. The van der Waals surface area contributed by atoms with Gasteiger partial charge in [0.15, 0.2) is 6.23 Å². The van der Waals surface area contributed by atoms with Gasteiger partial charge in [0.05, 0.1) is 11.7 Å². The molecule has 1 aliphatic rings. The number of hydrogen-bond donors (Lipinski definition) is 0. The van der Waals surface area contributed by atoms with Crippen molar-refractivity contribution in [2.75, 3.05) is 11.4 Å². The van der Waals surface area contributed by atoms with Crippen molar-refractivity contribution in [2.45, 2.75) is 31.9 Å². The highest BCUT2D eigenvalue weighted by Gasteiger charge is 2.37. The van der Waals surface area contributed by atoms with E-state index < -0.39 is 23.8 Å². The van der Waals surface area contributed by atoms with E-state index in [4.69, 9.17) is 16.3 Å². The Morgan fingerprint density at radius 1 is 1.20 bits per heavy atom. The van der Waals surface area contributed by atoms with Gasteiger partial charge in [-0.15, -0.1) is 0 Å². The van der Waals surface area contributed by atoms with E-state index in [0.717, 1.165) is 17.7 Å². The third-order valence-corrected chi connectivity index (χ3v) is 4.42. The molecule has 0 N–H and O–H groups in total. The summed E-state index contributed by atoms with van der Waals surface area (Å²) in [6.07, 6.45) is -4.75. The van der Waals surface area contributed by atoms with Crippen molar-refractivity contribution in [3.8, 4) is 0 Å². The van der Waals surface area contributed by atoms with Crippen LogP contribution >= 0.6 is 11.6 Å². The second-order valence-corrected chi connectivity index (χ2v) is 6.32. The summed E-state index contributed by atoms with van der Waals surface area (Å²) in [4.78, 5) is 1.70.